The Hall–Kier alpha value is -3.24. The molecule has 9 N–H and O–H groups in total. The number of carbonyl (C=O) groups excluding carboxylic acids is 4. The lowest BCUT2D eigenvalue weighted by atomic mass is 9.94. The van der Waals surface area contributed by atoms with Gasteiger partial charge in [0.1, 0.15) is 97.5 Å². The molecule has 4 rings (SSSR count). The molecule has 0 radical (unpaired) electrons. The Kier molecular flexibility index (Phi) is 18.4. The van der Waals surface area contributed by atoms with Gasteiger partial charge in [0.25, 0.3) is 0 Å². The van der Waals surface area contributed by atoms with Crippen LogP contribution in [0.2, 0.25) is 0 Å². The van der Waals surface area contributed by atoms with Crippen molar-refractivity contribution in [3.8, 4) is 0 Å². The lowest BCUT2D eigenvalue weighted by Gasteiger charge is -2.51. The van der Waals surface area contributed by atoms with E-state index in [1.807, 2.05) is 0 Å². The lowest BCUT2D eigenvalue weighted by Crippen LogP contribution is -2.71. The van der Waals surface area contributed by atoms with E-state index in [9.17, 15) is 91.1 Å². The van der Waals surface area contributed by atoms with Crippen LogP contribution < -0.4 is 20.8 Å². The molecule has 4 heterocycles. The molecule has 33 heteroatoms. The third-order valence-corrected chi connectivity index (χ3v) is 10.6. The second-order valence-electron chi connectivity index (χ2n) is 14.2. The highest BCUT2D eigenvalue weighted by Crippen LogP contribution is 2.36. The SMILES string of the molecule is C=CCOC1OC(CO)[C@H](OS(=O)(=O)[O-])[C@H](OC2OC(C(=O)[O-])[C@H](O[C@@H]3OC(CO)[C@H](OS(=O)(=O)[O-])[C@H](OC4OC(C(=O)[O-])[C@H](O)[C@H](O)[C@H]4O)C3NC(C)=O)[C@H](O)[C@H]2O)[C@H]1NC(C)=O. The predicted octanol–water partition coefficient (Wildman–Crippen LogP) is -11.8. The molecule has 4 aliphatic rings. The molecule has 4 fully saturated rings. The number of carboxylic acid groups (broad SMARTS) is 2. The van der Waals surface area contributed by atoms with Crippen LogP contribution in [0, 0.1) is 0 Å². The van der Waals surface area contributed by atoms with Crippen molar-refractivity contribution in [3.05, 3.63) is 12.7 Å². The summed E-state index contributed by atoms with van der Waals surface area (Å²) >= 11 is 0. The smallest absolute Gasteiger partial charge is 0.218 e. The molecule has 4 saturated heterocycles. The van der Waals surface area contributed by atoms with Gasteiger partial charge in [-0.1, -0.05) is 6.08 Å². The van der Waals surface area contributed by atoms with Crippen LogP contribution in [-0.4, -0.2) is 228 Å². The number of aliphatic hydroxyl groups is 7. The second-order valence-corrected chi connectivity index (χ2v) is 16.2. The van der Waals surface area contributed by atoms with Crippen LogP contribution in [0.15, 0.2) is 12.7 Å². The molecule has 0 aromatic rings. The number of hydrogen-bond acceptors (Lipinski definition) is 29. The fourth-order valence-corrected chi connectivity index (χ4v) is 8.05. The highest BCUT2D eigenvalue weighted by Gasteiger charge is 2.58. The maximum absolute atomic E-state index is 12.6. The van der Waals surface area contributed by atoms with Crippen LogP contribution >= 0.6 is 0 Å². The largest absolute Gasteiger partial charge is 0.726 e. The van der Waals surface area contributed by atoms with Gasteiger partial charge in [-0.2, -0.15) is 0 Å². The Bertz CT molecular complexity index is 1880. The second kappa shape index (κ2) is 22.0. The average Bonchev–Trinajstić information content (AvgIpc) is 3.18. The Balaban J connectivity index is 1.75. The molecule has 0 spiro atoms. The summed E-state index contributed by atoms with van der Waals surface area (Å²) in [7, 11) is -11.6. The summed E-state index contributed by atoms with van der Waals surface area (Å²) in [5, 5.41) is 103. The van der Waals surface area contributed by atoms with Gasteiger partial charge in [0.2, 0.25) is 32.6 Å². The predicted molar refractivity (Wildman–Crippen MR) is 184 cm³/mol. The highest BCUT2D eigenvalue weighted by atomic mass is 32.3. The third-order valence-electron chi connectivity index (χ3n) is 9.68. The fourth-order valence-electron chi connectivity index (χ4n) is 7.04. The molecule has 8 unspecified atom stereocenters. The minimum Gasteiger partial charge on any atom is -0.726 e. The van der Waals surface area contributed by atoms with Crippen LogP contribution in [0.3, 0.4) is 0 Å². The van der Waals surface area contributed by atoms with E-state index in [0.29, 0.717) is 0 Å². The normalized spacial score (nSPS) is 40.8. The van der Waals surface area contributed by atoms with Crippen LogP contribution in [0.4, 0.5) is 0 Å². The van der Waals surface area contributed by atoms with E-state index in [1.54, 1.807) is 0 Å². The third kappa shape index (κ3) is 13.0. The summed E-state index contributed by atoms with van der Waals surface area (Å²) in [6.07, 6.45) is -41.1. The summed E-state index contributed by atoms with van der Waals surface area (Å²) < 4.78 is 124. The topological polar surface area (TPSA) is 487 Å². The number of rotatable bonds is 19. The van der Waals surface area contributed by atoms with Crippen molar-refractivity contribution in [1.82, 2.24) is 10.6 Å². The summed E-state index contributed by atoms with van der Waals surface area (Å²) in [6, 6.07) is -3.97. The molecule has 0 aromatic carbocycles. The summed E-state index contributed by atoms with van der Waals surface area (Å²) in [4.78, 5) is 49.1. The number of carboxylic acids is 2. The van der Waals surface area contributed by atoms with Gasteiger partial charge in [-0.05, 0) is 0 Å². The minimum absolute atomic E-state index is 0.338. The molecule has 2 amide bonds. The standard InChI is InChI=1S/C31H48N2O29S2/c1-4-5-53-28-12(32-8(2)36)21(19(10(6-34)54-28)61-63(47,48)49)56-31-18(42)16(40)23(25(60-31)27(45)46)58-29-13(33-9(3)37)22(20(11(7-35)55-29)62-64(50,51)52)57-30-17(41)14(38)15(39)24(59-30)26(43)44/h4,10-25,28-31,34-35,38-42H,1,5-7H2,2-3H3,(H,32,36)(H,33,37)(H,43,44)(H,45,46)(H,47,48,49)(H,50,51,52)/p-4/t10?,11?,12-,13?,14+,15-,16-,17-,18-,19+,20+,21-,22-,23-,24?,25?,28?,29+,30?,31?/m1/s1. The first-order chi connectivity index (χ1) is 29.7. The number of hydrogen-bond donors (Lipinski definition) is 9. The molecule has 31 nitrogen and oxygen atoms in total. The van der Waals surface area contributed by atoms with Gasteiger partial charge in [-0.25, -0.2) is 16.8 Å². The Morgan fingerprint density at radius 2 is 1.00 bits per heavy atom. The maximum Gasteiger partial charge on any atom is 0.218 e. The molecule has 0 saturated carbocycles. The van der Waals surface area contributed by atoms with Gasteiger partial charge >= 0.3 is 0 Å². The van der Waals surface area contributed by atoms with E-state index in [4.69, 9.17) is 37.9 Å². The zero-order valence-electron chi connectivity index (χ0n) is 32.9. The van der Waals surface area contributed by atoms with Gasteiger partial charge in [0.15, 0.2) is 25.2 Å². The zero-order chi connectivity index (χ0) is 48.2. The first kappa shape index (κ1) is 53.4. The molecule has 0 bridgehead atoms. The van der Waals surface area contributed by atoms with Crippen molar-refractivity contribution in [3.63, 3.8) is 0 Å². The number of aliphatic hydroxyl groups excluding tert-OH is 7. The average molecular weight is 973 g/mol. The molecule has 64 heavy (non-hydrogen) atoms. The van der Waals surface area contributed by atoms with Gasteiger partial charge in [-0.3, -0.25) is 18.0 Å². The molecule has 4 aliphatic heterocycles. The van der Waals surface area contributed by atoms with Gasteiger partial charge in [0, 0.05) is 13.8 Å². The Morgan fingerprint density at radius 1 is 0.594 bits per heavy atom. The van der Waals surface area contributed by atoms with E-state index in [1.165, 1.54) is 6.08 Å². The summed E-state index contributed by atoms with van der Waals surface area (Å²) in [5.41, 5.74) is 0. The Morgan fingerprint density at radius 3 is 1.41 bits per heavy atom. The monoisotopic (exact) mass is 972 g/mol. The maximum atomic E-state index is 12.6. The Labute approximate surface area is 361 Å². The summed E-state index contributed by atoms with van der Waals surface area (Å²) in [6.45, 7) is 2.33. The van der Waals surface area contributed by atoms with E-state index in [-0.39, 0.29) is 6.61 Å². The molecule has 368 valence electrons. The first-order valence-electron chi connectivity index (χ1n) is 18.4. The minimum atomic E-state index is -5.87. The lowest BCUT2D eigenvalue weighted by molar-refractivity contribution is -0.385. The van der Waals surface area contributed by atoms with E-state index in [2.05, 4.69) is 25.6 Å². The van der Waals surface area contributed by atoms with Crippen LogP contribution in [0.25, 0.3) is 0 Å². The molecular weight excluding hydrogens is 928 g/mol. The first-order valence-corrected chi connectivity index (χ1v) is 21.1. The quantitative estimate of drug-likeness (QED) is 0.0330. The molecule has 0 aliphatic carbocycles. The molecule has 20 atom stereocenters. The fraction of sp³-hybridized carbons (Fsp3) is 0.806. The van der Waals surface area contributed by atoms with E-state index >= 15 is 0 Å². The zero-order valence-corrected chi connectivity index (χ0v) is 34.5. The number of ether oxygens (including phenoxy) is 8. The van der Waals surface area contributed by atoms with Crippen molar-refractivity contribution in [1.29, 1.82) is 0 Å². The van der Waals surface area contributed by atoms with E-state index in [0.717, 1.165) is 13.8 Å². The van der Waals surface area contributed by atoms with Gasteiger partial charge in [0.05, 0.1) is 31.8 Å². The van der Waals surface area contributed by atoms with E-state index < -0.39 is 180 Å². The van der Waals surface area contributed by atoms with Crippen molar-refractivity contribution in [2.75, 3.05) is 19.8 Å². The van der Waals surface area contributed by atoms with Crippen molar-refractivity contribution in [2.45, 2.75) is 137 Å². The van der Waals surface area contributed by atoms with Crippen LogP contribution in [0.1, 0.15) is 13.8 Å². The van der Waals surface area contributed by atoms with Crippen LogP contribution in [-0.2, 0) is 86.2 Å². The molecular formula is C31H44N2O29S2-4. The van der Waals surface area contributed by atoms with Crippen molar-refractivity contribution in [2.24, 2.45) is 0 Å². The van der Waals surface area contributed by atoms with Crippen LogP contribution in [0.5, 0.6) is 0 Å². The van der Waals surface area contributed by atoms with Gasteiger partial charge in [-0.15, -0.1) is 6.58 Å². The molecule has 0 aromatic heterocycles. The number of aliphatic carboxylic acids is 2. The number of amides is 2. The number of carbonyl (C=O) groups is 4. The number of nitrogens with one attached hydrogen (secondary N) is 2. The summed E-state index contributed by atoms with van der Waals surface area (Å²) in [5.74, 6) is -6.49. The van der Waals surface area contributed by atoms with Crippen molar-refractivity contribution >= 4 is 44.6 Å². The van der Waals surface area contributed by atoms with Crippen molar-refractivity contribution < 1.29 is 137 Å². The van der Waals surface area contributed by atoms with Gasteiger partial charge < -0.3 is 113 Å². The highest BCUT2D eigenvalue weighted by molar-refractivity contribution is 7.81.